The standard InChI is InChI=1S/C12H10N2O2/c1-7-3-4-8(2)10-9(7)11(15)14(6-5-13)12(10)16/h3-4H,6H2,1-2H3. The fraction of sp³-hybridized carbons (Fsp3) is 0.250. The van der Waals surface area contributed by atoms with Crippen LogP contribution in [0.2, 0.25) is 0 Å². The van der Waals surface area contributed by atoms with E-state index in [1.54, 1.807) is 13.8 Å². The maximum Gasteiger partial charge on any atom is 0.262 e. The summed E-state index contributed by atoms with van der Waals surface area (Å²) < 4.78 is 0. The highest BCUT2D eigenvalue weighted by molar-refractivity contribution is 6.22. The van der Waals surface area contributed by atoms with Crippen molar-refractivity contribution in [2.24, 2.45) is 0 Å². The van der Waals surface area contributed by atoms with Crippen molar-refractivity contribution >= 4 is 11.8 Å². The van der Waals surface area contributed by atoms with Crippen LogP contribution in [-0.2, 0) is 0 Å². The monoisotopic (exact) mass is 214 g/mol. The maximum absolute atomic E-state index is 11.9. The number of fused-ring (bicyclic) bond motifs is 1. The molecule has 16 heavy (non-hydrogen) atoms. The molecule has 0 N–H and O–H groups in total. The van der Waals surface area contributed by atoms with E-state index in [-0.39, 0.29) is 18.4 Å². The second-order valence-corrected chi connectivity index (χ2v) is 3.80. The first-order chi connectivity index (χ1) is 7.57. The summed E-state index contributed by atoms with van der Waals surface area (Å²) in [7, 11) is 0. The summed E-state index contributed by atoms with van der Waals surface area (Å²) in [6.07, 6.45) is 0. The van der Waals surface area contributed by atoms with E-state index in [0.717, 1.165) is 16.0 Å². The van der Waals surface area contributed by atoms with Crippen molar-refractivity contribution in [3.8, 4) is 6.07 Å². The molecule has 2 rings (SSSR count). The summed E-state index contributed by atoms with van der Waals surface area (Å²) in [4.78, 5) is 24.8. The summed E-state index contributed by atoms with van der Waals surface area (Å²) in [5.74, 6) is -0.717. The predicted octanol–water partition coefficient (Wildman–Crippen LogP) is 1.42. The molecule has 1 heterocycles. The van der Waals surface area contributed by atoms with Crippen molar-refractivity contribution in [2.75, 3.05) is 6.54 Å². The molecule has 0 radical (unpaired) electrons. The molecule has 4 heteroatoms. The average molecular weight is 214 g/mol. The van der Waals surface area contributed by atoms with E-state index in [9.17, 15) is 9.59 Å². The second-order valence-electron chi connectivity index (χ2n) is 3.80. The zero-order chi connectivity index (χ0) is 11.9. The van der Waals surface area contributed by atoms with Crippen molar-refractivity contribution in [1.29, 1.82) is 5.26 Å². The van der Waals surface area contributed by atoms with Crippen molar-refractivity contribution < 1.29 is 9.59 Å². The molecule has 1 aromatic rings. The molecule has 0 unspecified atom stereocenters. The highest BCUT2D eigenvalue weighted by Gasteiger charge is 2.37. The quantitative estimate of drug-likeness (QED) is 0.524. The summed E-state index contributed by atoms with van der Waals surface area (Å²) in [5, 5.41) is 8.58. The van der Waals surface area contributed by atoms with Crippen LogP contribution in [0.1, 0.15) is 31.8 Å². The van der Waals surface area contributed by atoms with Crippen LogP contribution in [0.4, 0.5) is 0 Å². The molecule has 1 aliphatic heterocycles. The Bertz CT molecular complexity index is 500. The predicted molar refractivity (Wildman–Crippen MR) is 56.9 cm³/mol. The molecule has 0 spiro atoms. The molecule has 0 aromatic heterocycles. The molecule has 0 aliphatic carbocycles. The third-order valence-electron chi connectivity index (χ3n) is 2.77. The molecule has 0 atom stereocenters. The van der Waals surface area contributed by atoms with Crippen molar-refractivity contribution in [2.45, 2.75) is 13.8 Å². The number of benzene rings is 1. The molecule has 0 saturated heterocycles. The lowest BCUT2D eigenvalue weighted by atomic mass is 9.99. The Morgan fingerprint density at radius 2 is 1.56 bits per heavy atom. The number of carbonyl (C=O) groups excluding carboxylic acids is 2. The van der Waals surface area contributed by atoms with Gasteiger partial charge in [0.05, 0.1) is 17.2 Å². The Kier molecular flexibility index (Phi) is 2.24. The van der Waals surface area contributed by atoms with Crippen LogP contribution in [0.25, 0.3) is 0 Å². The number of hydrogen-bond donors (Lipinski definition) is 0. The van der Waals surface area contributed by atoms with Crippen LogP contribution in [-0.4, -0.2) is 23.3 Å². The molecular formula is C12H10N2O2. The lowest BCUT2D eigenvalue weighted by Gasteiger charge is -2.07. The first-order valence-corrected chi connectivity index (χ1v) is 4.91. The van der Waals surface area contributed by atoms with Gasteiger partial charge in [0.2, 0.25) is 0 Å². The fourth-order valence-corrected chi connectivity index (χ4v) is 1.94. The van der Waals surface area contributed by atoms with Crippen molar-refractivity contribution in [3.63, 3.8) is 0 Å². The summed E-state index contributed by atoms with van der Waals surface area (Å²) >= 11 is 0. The largest absolute Gasteiger partial charge is 0.269 e. The van der Waals surface area contributed by atoms with Gasteiger partial charge in [-0.15, -0.1) is 0 Å². The zero-order valence-electron chi connectivity index (χ0n) is 9.07. The Balaban J connectivity index is 2.65. The lowest BCUT2D eigenvalue weighted by molar-refractivity contribution is 0.0674. The lowest BCUT2D eigenvalue weighted by Crippen LogP contribution is -2.30. The van der Waals surface area contributed by atoms with Crippen LogP contribution in [0.3, 0.4) is 0 Å². The molecule has 80 valence electrons. The van der Waals surface area contributed by atoms with Crippen LogP contribution in [0.15, 0.2) is 12.1 Å². The first kappa shape index (κ1) is 10.4. The van der Waals surface area contributed by atoms with E-state index in [1.165, 1.54) is 0 Å². The molecule has 1 aliphatic rings. The molecule has 0 fully saturated rings. The second kappa shape index (κ2) is 3.46. The molecular weight excluding hydrogens is 204 g/mol. The van der Waals surface area contributed by atoms with E-state index in [4.69, 9.17) is 5.26 Å². The smallest absolute Gasteiger partial charge is 0.262 e. The topological polar surface area (TPSA) is 61.2 Å². The van der Waals surface area contributed by atoms with Crippen LogP contribution in [0.5, 0.6) is 0 Å². The number of imide groups is 1. The fourth-order valence-electron chi connectivity index (χ4n) is 1.94. The van der Waals surface area contributed by atoms with Gasteiger partial charge in [-0.2, -0.15) is 5.26 Å². The number of rotatable bonds is 1. The Morgan fingerprint density at radius 1 is 1.12 bits per heavy atom. The van der Waals surface area contributed by atoms with Crippen LogP contribution >= 0.6 is 0 Å². The van der Waals surface area contributed by atoms with Gasteiger partial charge in [-0.25, -0.2) is 0 Å². The van der Waals surface area contributed by atoms with E-state index in [0.29, 0.717) is 11.1 Å². The van der Waals surface area contributed by atoms with E-state index in [1.807, 2.05) is 18.2 Å². The number of carbonyl (C=O) groups is 2. The summed E-state index contributed by atoms with van der Waals surface area (Å²) in [6, 6.07) is 5.46. The minimum Gasteiger partial charge on any atom is -0.269 e. The number of nitriles is 1. The van der Waals surface area contributed by atoms with Gasteiger partial charge in [0.15, 0.2) is 0 Å². The Labute approximate surface area is 93.1 Å². The number of hydrogen-bond acceptors (Lipinski definition) is 3. The Morgan fingerprint density at radius 3 is 1.94 bits per heavy atom. The van der Waals surface area contributed by atoms with Gasteiger partial charge in [0, 0.05) is 0 Å². The van der Waals surface area contributed by atoms with Gasteiger partial charge in [-0.05, 0) is 25.0 Å². The maximum atomic E-state index is 11.9. The first-order valence-electron chi connectivity index (χ1n) is 4.91. The van der Waals surface area contributed by atoms with E-state index in [2.05, 4.69) is 0 Å². The molecule has 2 amide bonds. The normalized spacial score (nSPS) is 13.9. The summed E-state index contributed by atoms with van der Waals surface area (Å²) in [5.41, 5.74) is 2.44. The van der Waals surface area contributed by atoms with E-state index >= 15 is 0 Å². The molecule has 1 aromatic carbocycles. The van der Waals surface area contributed by atoms with Gasteiger partial charge in [-0.3, -0.25) is 14.5 Å². The molecule has 0 bridgehead atoms. The third kappa shape index (κ3) is 1.22. The SMILES string of the molecule is Cc1ccc(C)c2c1C(=O)N(CC#N)C2=O. The highest BCUT2D eigenvalue weighted by Crippen LogP contribution is 2.28. The molecule has 0 saturated carbocycles. The number of amides is 2. The van der Waals surface area contributed by atoms with Crippen molar-refractivity contribution in [3.05, 3.63) is 34.4 Å². The van der Waals surface area contributed by atoms with Gasteiger partial charge in [-0.1, -0.05) is 12.1 Å². The van der Waals surface area contributed by atoms with Gasteiger partial charge >= 0.3 is 0 Å². The number of nitrogens with zero attached hydrogens (tertiary/aromatic N) is 2. The minimum absolute atomic E-state index is 0.189. The zero-order valence-corrected chi connectivity index (χ0v) is 9.07. The average Bonchev–Trinajstić information content (AvgIpc) is 2.50. The van der Waals surface area contributed by atoms with E-state index < -0.39 is 0 Å². The number of aryl methyl sites for hydroxylation is 2. The Hall–Kier alpha value is -2.15. The minimum atomic E-state index is -0.359. The third-order valence-corrected chi connectivity index (χ3v) is 2.77. The van der Waals surface area contributed by atoms with Gasteiger partial charge < -0.3 is 0 Å². The van der Waals surface area contributed by atoms with Gasteiger partial charge in [0.1, 0.15) is 6.54 Å². The highest BCUT2D eigenvalue weighted by atomic mass is 16.2. The van der Waals surface area contributed by atoms with Crippen LogP contribution < -0.4 is 0 Å². The van der Waals surface area contributed by atoms with Gasteiger partial charge in [0.25, 0.3) is 11.8 Å². The molecule has 4 nitrogen and oxygen atoms in total. The summed E-state index contributed by atoms with van der Waals surface area (Å²) in [6.45, 7) is 3.39. The van der Waals surface area contributed by atoms with Crippen LogP contribution in [0, 0.1) is 25.2 Å². The van der Waals surface area contributed by atoms with Crippen molar-refractivity contribution in [1.82, 2.24) is 4.90 Å².